The van der Waals surface area contributed by atoms with Crippen molar-refractivity contribution < 1.29 is 14.4 Å². The average Bonchev–Trinajstić information content (AvgIpc) is 3.69. The Morgan fingerprint density at radius 1 is 0.867 bits per heavy atom. The molecular weight excluding hydrogens is 658 g/mol. The number of para-hydroxylation sites is 1. The molecule has 3 aliphatic heterocycles. The van der Waals surface area contributed by atoms with Crippen LogP contribution in [0, 0.1) is 5.92 Å². The van der Waals surface area contributed by atoms with Crippen LogP contribution in [0.1, 0.15) is 36.4 Å². The van der Waals surface area contributed by atoms with E-state index in [4.69, 9.17) is 51.5 Å². The number of anilines is 1. The van der Waals surface area contributed by atoms with Gasteiger partial charge in [-0.25, -0.2) is 9.91 Å². The number of halogens is 4. The van der Waals surface area contributed by atoms with Crippen molar-refractivity contribution in [2.24, 2.45) is 21.4 Å². The van der Waals surface area contributed by atoms with Crippen molar-refractivity contribution >= 4 is 81.6 Å². The van der Waals surface area contributed by atoms with E-state index in [0.29, 0.717) is 10.0 Å². The van der Waals surface area contributed by atoms with Gasteiger partial charge in [-0.05, 0) is 78.4 Å². The van der Waals surface area contributed by atoms with Gasteiger partial charge in [0.2, 0.25) is 0 Å². The van der Waals surface area contributed by atoms with Gasteiger partial charge in [-0.1, -0.05) is 82.0 Å². The van der Waals surface area contributed by atoms with E-state index in [-0.39, 0.29) is 28.2 Å². The third-order valence-corrected chi connectivity index (χ3v) is 9.61. The van der Waals surface area contributed by atoms with Crippen LogP contribution < -0.4 is 4.90 Å². The Balaban J connectivity index is 1.19. The molecule has 3 amide bonds. The van der Waals surface area contributed by atoms with Gasteiger partial charge in [-0.2, -0.15) is 10.2 Å². The lowest BCUT2D eigenvalue weighted by atomic mass is 9.77. The quantitative estimate of drug-likeness (QED) is 0.262. The zero-order valence-corrected chi connectivity index (χ0v) is 26.5. The van der Waals surface area contributed by atoms with Crippen molar-refractivity contribution in [3.63, 3.8) is 0 Å². The number of hydrogen-bond donors (Lipinski definition) is 0. The Labute approximate surface area is 278 Å². The van der Waals surface area contributed by atoms with Gasteiger partial charge in [0.1, 0.15) is 6.54 Å². The molecule has 4 atom stereocenters. The zero-order chi connectivity index (χ0) is 31.4. The Morgan fingerprint density at radius 2 is 1.53 bits per heavy atom. The Kier molecular flexibility index (Phi) is 7.90. The first-order valence-electron chi connectivity index (χ1n) is 14.3. The molecule has 228 valence electrons. The van der Waals surface area contributed by atoms with Crippen LogP contribution in [0.15, 0.2) is 87.7 Å². The molecule has 3 aromatic carbocycles. The maximum Gasteiger partial charge on any atom is 0.264 e. The summed E-state index contributed by atoms with van der Waals surface area (Å²) in [5, 5.41) is 17.3. The van der Waals surface area contributed by atoms with Gasteiger partial charge in [-0.3, -0.25) is 19.4 Å². The summed E-state index contributed by atoms with van der Waals surface area (Å²) in [5.41, 5.74) is 3.85. The molecule has 4 aliphatic rings. The lowest BCUT2D eigenvalue weighted by molar-refractivity contribution is -0.136. The molecule has 1 aliphatic carbocycles. The summed E-state index contributed by atoms with van der Waals surface area (Å²) in [5.74, 6) is -1.66. The number of carbonyl (C=O) groups excluding carboxylic acids is 3. The zero-order valence-electron chi connectivity index (χ0n) is 23.5. The topological polar surface area (TPSA) is 98.0 Å². The van der Waals surface area contributed by atoms with E-state index >= 15 is 0 Å². The van der Waals surface area contributed by atoms with Crippen molar-refractivity contribution in [1.82, 2.24) is 10.0 Å². The second kappa shape index (κ2) is 11.9. The molecule has 0 unspecified atom stereocenters. The summed E-state index contributed by atoms with van der Waals surface area (Å²) in [6.45, 7) is -0.322. The number of benzene rings is 3. The smallest absolute Gasteiger partial charge is 0.264 e. The number of hydrazone groups is 1. The fourth-order valence-corrected chi connectivity index (χ4v) is 7.27. The highest BCUT2D eigenvalue weighted by Gasteiger charge is 2.56. The fraction of sp³-hybridized carbons (Fsp3) is 0.250. The van der Waals surface area contributed by atoms with Crippen molar-refractivity contribution in [2.45, 2.75) is 37.4 Å². The average molecular weight is 682 g/mol. The van der Waals surface area contributed by atoms with E-state index in [1.54, 1.807) is 30.3 Å². The molecule has 0 bridgehead atoms. The van der Waals surface area contributed by atoms with Crippen LogP contribution in [0.3, 0.4) is 0 Å². The number of hydrogen-bond acceptors (Lipinski definition) is 7. The van der Waals surface area contributed by atoms with E-state index in [0.717, 1.165) is 46.6 Å². The van der Waals surface area contributed by atoms with Gasteiger partial charge in [-0.15, -0.1) is 0 Å². The maximum atomic E-state index is 14.1. The lowest BCUT2D eigenvalue weighted by Crippen LogP contribution is -2.45. The molecule has 45 heavy (non-hydrogen) atoms. The molecule has 0 N–H and O–H groups in total. The second-order valence-corrected chi connectivity index (χ2v) is 12.9. The SMILES string of the molecule is O=C1[C@@H]2N=NN(CC(=O)N3N=C4/C(=C/c5ccc(Cl)cc5)CCC[C@@H]4[C@H]3c3ccc(Cl)cc3)[C@H]2C(=O)N1c1c(Cl)cccc1Cl. The molecule has 9 nitrogen and oxygen atoms in total. The van der Waals surface area contributed by atoms with Gasteiger partial charge in [0.05, 0.1) is 27.5 Å². The highest BCUT2D eigenvalue weighted by molar-refractivity contribution is 6.42. The molecule has 0 aromatic heterocycles. The van der Waals surface area contributed by atoms with Gasteiger partial charge >= 0.3 is 0 Å². The van der Waals surface area contributed by atoms with Gasteiger partial charge < -0.3 is 0 Å². The fourth-order valence-electron chi connectivity index (χ4n) is 6.45. The van der Waals surface area contributed by atoms with Crippen LogP contribution in [0.2, 0.25) is 20.1 Å². The summed E-state index contributed by atoms with van der Waals surface area (Å²) in [6, 6.07) is 17.0. The Bertz CT molecular complexity index is 1790. The van der Waals surface area contributed by atoms with Crippen molar-refractivity contribution in [3.8, 4) is 0 Å². The van der Waals surface area contributed by atoms with E-state index < -0.39 is 35.8 Å². The number of amides is 3. The standard InChI is InChI=1S/C32H24Cl4N6O3/c33-20-11-7-17(8-12-20)15-19-3-1-4-22-26(19)38-42(28(22)18-9-13-21(34)14-10-18)25(43)16-40-30-27(37-39-40)31(44)41(32(30)45)29-23(35)5-2-6-24(29)36/h2,5-15,22,27-28,30H,1,3-4,16H2/b19-15+/t22-,27+,28+,30+/m0/s1. The third-order valence-electron chi connectivity index (χ3n) is 8.50. The molecule has 1 saturated carbocycles. The minimum atomic E-state index is -1.12. The van der Waals surface area contributed by atoms with Gasteiger partial charge in [0, 0.05) is 16.0 Å². The minimum Gasteiger partial charge on any atom is -0.271 e. The Morgan fingerprint density at radius 3 is 2.22 bits per heavy atom. The third kappa shape index (κ3) is 5.31. The van der Waals surface area contributed by atoms with Crippen molar-refractivity contribution in [2.75, 3.05) is 11.4 Å². The van der Waals surface area contributed by atoms with Crippen LogP contribution >= 0.6 is 46.4 Å². The molecule has 0 spiro atoms. The van der Waals surface area contributed by atoms with Gasteiger partial charge in [0.15, 0.2) is 12.1 Å². The van der Waals surface area contributed by atoms with Crippen LogP contribution in [-0.4, -0.2) is 52.1 Å². The molecule has 3 heterocycles. The number of imide groups is 1. The van der Waals surface area contributed by atoms with E-state index in [2.05, 4.69) is 16.4 Å². The van der Waals surface area contributed by atoms with Crippen molar-refractivity contribution in [3.05, 3.63) is 104 Å². The molecule has 0 radical (unpaired) electrons. The molecule has 3 aromatic rings. The Hall–Kier alpha value is -3.76. The number of carbonyl (C=O) groups is 3. The summed E-state index contributed by atoms with van der Waals surface area (Å²) >= 11 is 25.0. The summed E-state index contributed by atoms with van der Waals surface area (Å²) in [7, 11) is 0. The lowest BCUT2D eigenvalue weighted by Gasteiger charge is -2.30. The van der Waals surface area contributed by atoms with E-state index in [1.807, 2.05) is 36.4 Å². The largest absolute Gasteiger partial charge is 0.271 e. The van der Waals surface area contributed by atoms with Crippen LogP contribution in [-0.2, 0) is 14.4 Å². The molecule has 7 rings (SSSR count). The normalized spacial score (nSPS) is 24.8. The number of fused-ring (bicyclic) bond motifs is 2. The first-order valence-corrected chi connectivity index (χ1v) is 15.8. The van der Waals surface area contributed by atoms with Gasteiger partial charge in [0.25, 0.3) is 17.7 Å². The monoisotopic (exact) mass is 680 g/mol. The number of nitrogens with zero attached hydrogens (tertiary/aromatic N) is 6. The van der Waals surface area contributed by atoms with Crippen LogP contribution in [0.25, 0.3) is 6.08 Å². The molecular formula is C32H24Cl4N6O3. The molecule has 2 fully saturated rings. The molecule has 13 heteroatoms. The maximum absolute atomic E-state index is 14.1. The first kappa shape index (κ1) is 29.9. The predicted octanol–water partition coefficient (Wildman–Crippen LogP) is 7.42. The van der Waals surface area contributed by atoms with Crippen molar-refractivity contribution in [1.29, 1.82) is 0 Å². The summed E-state index contributed by atoms with van der Waals surface area (Å²) < 4.78 is 0. The highest BCUT2D eigenvalue weighted by Crippen LogP contribution is 2.45. The highest BCUT2D eigenvalue weighted by atomic mass is 35.5. The minimum absolute atomic E-state index is 0.0528. The predicted molar refractivity (Wildman–Crippen MR) is 173 cm³/mol. The second-order valence-electron chi connectivity index (χ2n) is 11.2. The number of rotatable bonds is 5. The van der Waals surface area contributed by atoms with E-state index in [9.17, 15) is 14.4 Å². The summed E-state index contributed by atoms with van der Waals surface area (Å²) in [4.78, 5) is 41.9. The first-order chi connectivity index (χ1) is 21.7. The molecule has 1 saturated heterocycles. The number of allylic oxidation sites excluding steroid dienone is 1. The van der Waals surface area contributed by atoms with Crippen LogP contribution in [0.4, 0.5) is 5.69 Å². The van der Waals surface area contributed by atoms with Crippen LogP contribution in [0.5, 0.6) is 0 Å². The summed E-state index contributed by atoms with van der Waals surface area (Å²) in [6.07, 6.45) is 4.66. The van der Waals surface area contributed by atoms with E-state index in [1.165, 1.54) is 10.0 Å².